The van der Waals surface area contributed by atoms with Crippen LogP contribution in [0.1, 0.15) is 5.56 Å². The van der Waals surface area contributed by atoms with Gasteiger partial charge in [0.15, 0.2) is 5.16 Å². The van der Waals surface area contributed by atoms with Crippen LogP contribution in [0.5, 0.6) is 0 Å². The van der Waals surface area contributed by atoms with E-state index in [4.69, 9.17) is 16.6 Å². The topological polar surface area (TPSA) is 34.9 Å². The number of halogens is 1. The van der Waals surface area contributed by atoms with Crippen molar-refractivity contribution in [2.24, 2.45) is 0 Å². The monoisotopic (exact) mass is 428 g/mol. The van der Waals surface area contributed by atoms with E-state index in [1.165, 1.54) is 16.3 Å². The van der Waals surface area contributed by atoms with Crippen molar-refractivity contribution in [3.05, 3.63) is 112 Å². The molecule has 0 N–H and O–H groups in total. The number of nitrogens with zero attached hydrogens (tertiary/aromatic N) is 2. The summed E-state index contributed by atoms with van der Waals surface area (Å²) in [6.45, 7) is 0. The van der Waals surface area contributed by atoms with Gasteiger partial charge in [-0.25, -0.2) is 4.98 Å². The van der Waals surface area contributed by atoms with E-state index in [0.29, 0.717) is 32.5 Å². The molecule has 1 heterocycles. The number of rotatable bonds is 4. The lowest BCUT2D eigenvalue weighted by atomic mass is 10.1. The Morgan fingerprint density at radius 2 is 1.50 bits per heavy atom. The minimum absolute atomic E-state index is 0.117. The number of thioether (sulfide) groups is 1. The SMILES string of the molecule is O=c1c2ccccc2nc(SCc2cccc3ccccc23)n1-c1ccccc1Cl. The first-order valence-corrected chi connectivity index (χ1v) is 10.9. The van der Waals surface area contributed by atoms with Crippen molar-refractivity contribution >= 4 is 45.0 Å². The molecule has 30 heavy (non-hydrogen) atoms. The molecule has 0 aliphatic carbocycles. The van der Waals surface area contributed by atoms with Crippen molar-refractivity contribution in [3.63, 3.8) is 0 Å². The highest BCUT2D eigenvalue weighted by atomic mass is 35.5. The Bertz CT molecular complexity index is 1440. The third-order valence-electron chi connectivity index (χ3n) is 5.07. The van der Waals surface area contributed by atoms with Crippen molar-refractivity contribution in [2.45, 2.75) is 10.9 Å². The number of fused-ring (bicyclic) bond motifs is 2. The molecule has 0 spiro atoms. The zero-order valence-electron chi connectivity index (χ0n) is 16.0. The first kappa shape index (κ1) is 18.9. The van der Waals surface area contributed by atoms with E-state index in [-0.39, 0.29) is 5.56 Å². The highest BCUT2D eigenvalue weighted by Gasteiger charge is 2.15. The molecule has 0 aliphatic rings. The third-order valence-corrected chi connectivity index (χ3v) is 6.38. The second kappa shape index (κ2) is 7.98. The molecule has 0 radical (unpaired) electrons. The van der Waals surface area contributed by atoms with Crippen molar-refractivity contribution < 1.29 is 0 Å². The number of benzene rings is 4. The molecule has 0 saturated carbocycles. The van der Waals surface area contributed by atoms with Crippen LogP contribution in [-0.2, 0) is 5.75 Å². The normalized spacial score (nSPS) is 11.2. The van der Waals surface area contributed by atoms with Crippen LogP contribution in [0.2, 0.25) is 5.02 Å². The number of aromatic nitrogens is 2. The maximum Gasteiger partial charge on any atom is 0.266 e. The summed E-state index contributed by atoms with van der Waals surface area (Å²) in [7, 11) is 0. The number of para-hydroxylation sites is 2. The van der Waals surface area contributed by atoms with Crippen molar-refractivity contribution in [3.8, 4) is 5.69 Å². The van der Waals surface area contributed by atoms with Gasteiger partial charge in [-0.3, -0.25) is 9.36 Å². The minimum atomic E-state index is -0.117. The summed E-state index contributed by atoms with van der Waals surface area (Å²) in [6.07, 6.45) is 0. The largest absolute Gasteiger partial charge is 0.268 e. The van der Waals surface area contributed by atoms with Crippen LogP contribution in [0.15, 0.2) is 101 Å². The van der Waals surface area contributed by atoms with Gasteiger partial charge in [0, 0.05) is 5.75 Å². The van der Waals surface area contributed by atoms with Gasteiger partial charge in [-0.2, -0.15) is 0 Å². The van der Waals surface area contributed by atoms with Gasteiger partial charge in [-0.15, -0.1) is 0 Å². The average molecular weight is 429 g/mol. The Morgan fingerprint density at radius 1 is 0.800 bits per heavy atom. The summed E-state index contributed by atoms with van der Waals surface area (Å²) in [5.74, 6) is 0.691. The maximum absolute atomic E-state index is 13.4. The standard InChI is InChI=1S/C25H17ClN2OS/c26-21-13-4-6-15-23(21)28-24(29)20-12-3-5-14-22(20)27-25(28)30-16-18-10-7-9-17-8-1-2-11-19(17)18/h1-15H,16H2. The van der Waals surface area contributed by atoms with Crippen molar-refractivity contribution in [1.82, 2.24) is 9.55 Å². The van der Waals surface area contributed by atoms with Crippen LogP contribution in [-0.4, -0.2) is 9.55 Å². The molecule has 5 heteroatoms. The highest BCUT2D eigenvalue weighted by Crippen LogP contribution is 2.30. The van der Waals surface area contributed by atoms with Gasteiger partial charge in [0.05, 0.1) is 21.6 Å². The van der Waals surface area contributed by atoms with E-state index in [2.05, 4.69) is 30.3 Å². The average Bonchev–Trinajstić information content (AvgIpc) is 2.78. The summed E-state index contributed by atoms with van der Waals surface area (Å²) in [4.78, 5) is 18.2. The molecule has 1 aromatic heterocycles. The lowest BCUT2D eigenvalue weighted by molar-refractivity contribution is 0.820. The van der Waals surface area contributed by atoms with Crippen LogP contribution >= 0.6 is 23.4 Å². The van der Waals surface area contributed by atoms with E-state index >= 15 is 0 Å². The van der Waals surface area contributed by atoms with Gasteiger partial charge in [0.25, 0.3) is 5.56 Å². The van der Waals surface area contributed by atoms with Crippen LogP contribution in [0.4, 0.5) is 0 Å². The van der Waals surface area contributed by atoms with Crippen LogP contribution in [0, 0.1) is 0 Å². The van der Waals surface area contributed by atoms with Crippen LogP contribution < -0.4 is 5.56 Å². The van der Waals surface area contributed by atoms with Crippen LogP contribution in [0.3, 0.4) is 0 Å². The lowest BCUT2D eigenvalue weighted by Crippen LogP contribution is -2.22. The molecule has 0 aliphatic heterocycles. The summed E-state index contributed by atoms with van der Waals surface area (Å²) in [6, 6.07) is 29.4. The molecular formula is C25H17ClN2OS. The molecule has 0 bridgehead atoms. The van der Waals surface area contributed by atoms with Crippen LogP contribution in [0.25, 0.3) is 27.4 Å². The van der Waals surface area contributed by atoms with Crippen molar-refractivity contribution in [2.75, 3.05) is 0 Å². The van der Waals surface area contributed by atoms with Gasteiger partial charge in [-0.1, -0.05) is 90.1 Å². The van der Waals surface area contributed by atoms with Gasteiger partial charge in [0.2, 0.25) is 0 Å². The Labute approximate surface area is 183 Å². The van der Waals surface area contributed by atoms with Crippen molar-refractivity contribution in [1.29, 1.82) is 0 Å². The fourth-order valence-corrected chi connectivity index (χ4v) is 4.85. The summed E-state index contributed by atoms with van der Waals surface area (Å²) < 4.78 is 1.63. The summed E-state index contributed by atoms with van der Waals surface area (Å²) in [5.41, 5.74) is 2.41. The van der Waals surface area contributed by atoms with Gasteiger partial charge in [0.1, 0.15) is 0 Å². The fourth-order valence-electron chi connectivity index (χ4n) is 3.62. The molecule has 0 amide bonds. The first-order valence-electron chi connectivity index (χ1n) is 9.58. The predicted octanol–water partition coefficient (Wildman–Crippen LogP) is 6.48. The Kier molecular flexibility index (Phi) is 5.03. The molecule has 146 valence electrons. The van der Waals surface area contributed by atoms with E-state index in [1.54, 1.807) is 28.5 Å². The Morgan fingerprint density at radius 3 is 2.37 bits per heavy atom. The second-order valence-electron chi connectivity index (χ2n) is 6.93. The molecule has 0 fully saturated rings. The van der Waals surface area contributed by atoms with E-state index in [1.807, 2.05) is 48.5 Å². The summed E-state index contributed by atoms with van der Waals surface area (Å²) >= 11 is 7.99. The molecule has 0 atom stereocenters. The Balaban J connectivity index is 1.65. The first-order chi connectivity index (χ1) is 14.7. The molecule has 0 unspecified atom stereocenters. The van der Waals surface area contributed by atoms with E-state index in [9.17, 15) is 4.79 Å². The molecule has 5 aromatic rings. The lowest BCUT2D eigenvalue weighted by Gasteiger charge is -2.15. The smallest absolute Gasteiger partial charge is 0.266 e. The zero-order chi connectivity index (χ0) is 20.5. The van der Waals surface area contributed by atoms with E-state index < -0.39 is 0 Å². The number of hydrogen-bond acceptors (Lipinski definition) is 3. The predicted molar refractivity (Wildman–Crippen MR) is 126 cm³/mol. The minimum Gasteiger partial charge on any atom is -0.268 e. The Hall–Kier alpha value is -3.08. The summed E-state index contributed by atoms with van der Waals surface area (Å²) in [5, 5.41) is 4.13. The van der Waals surface area contributed by atoms with E-state index in [0.717, 1.165) is 0 Å². The molecular weight excluding hydrogens is 412 g/mol. The zero-order valence-corrected chi connectivity index (χ0v) is 17.5. The fraction of sp³-hybridized carbons (Fsp3) is 0.0400. The highest BCUT2D eigenvalue weighted by molar-refractivity contribution is 7.98. The van der Waals surface area contributed by atoms with Gasteiger partial charge >= 0.3 is 0 Å². The van der Waals surface area contributed by atoms with Gasteiger partial charge in [-0.05, 0) is 40.6 Å². The maximum atomic E-state index is 13.4. The molecule has 5 rings (SSSR count). The second-order valence-corrected chi connectivity index (χ2v) is 8.28. The quantitative estimate of drug-likeness (QED) is 0.242. The number of hydrogen-bond donors (Lipinski definition) is 0. The molecule has 3 nitrogen and oxygen atoms in total. The molecule has 0 saturated heterocycles. The third kappa shape index (κ3) is 3.38. The van der Waals surface area contributed by atoms with Gasteiger partial charge < -0.3 is 0 Å². The molecule has 4 aromatic carbocycles.